The van der Waals surface area contributed by atoms with Crippen LogP contribution in [0.4, 0.5) is 5.69 Å². The van der Waals surface area contributed by atoms with Crippen LogP contribution in [0.1, 0.15) is 49.4 Å². The molecule has 2 N–H and O–H groups in total. The Labute approximate surface area is 240 Å². The molecule has 0 spiro atoms. The molecule has 208 valence electrons. The Morgan fingerprint density at radius 1 is 1.03 bits per heavy atom. The zero-order chi connectivity index (χ0) is 25.7. The van der Waals surface area contributed by atoms with Gasteiger partial charge < -0.3 is 15.4 Å². The summed E-state index contributed by atoms with van der Waals surface area (Å²) in [6.07, 6.45) is 2.18. The van der Waals surface area contributed by atoms with Gasteiger partial charge in [0, 0.05) is 31.2 Å². The summed E-state index contributed by atoms with van der Waals surface area (Å²) in [6, 6.07) is 23.5. The Bertz CT molecular complexity index is 1260. The molecule has 0 aromatic heterocycles. The standard InChI is InChI=1S/C29H37N3O3S.2ClH/c1-21(2)35-28-17-14-25(32(4)36(33,34)26-15-12-22(3)13-16-26)19-24(28)20-31-27-11-8-18-30-29(27)23-9-6-5-7-10-23;;/h5-7,9-10,12-17,19,21,27,29-31H,8,11,18,20H2,1-4H3;2*1H/t27-,29-;;/m0../s1. The Morgan fingerprint density at radius 2 is 1.71 bits per heavy atom. The average molecular weight is 581 g/mol. The maximum Gasteiger partial charge on any atom is 0.264 e. The van der Waals surface area contributed by atoms with Crippen LogP contribution in [-0.2, 0) is 16.6 Å². The van der Waals surface area contributed by atoms with Gasteiger partial charge in [-0.05, 0) is 76.1 Å². The third kappa shape index (κ3) is 7.64. The van der Waals surface area contributed by atoms with Gasteiger partial charge in [-0.25, -0.2) is 8.42 Å². The van der Waals surface area contributed by atoms with Crippen molar-refractivity contribution < 1.29 is 13.2 Å². The van der Waals surface area contributed by atoms with Crippen molar-refractivity contribution in [3.05, 3.63) is 89.5 Å². The molecule has 9 heteroatoms. The fourth-order valence-corrected chi connectivity index (χ4v) is 5.82. The molecule has 1 saturated heterocycles. The Hall–Kier alpha value is -2.29. The third-order valence-corrected chi connectivity index (χ3v) is 8.42. The van der Waals surface area contributed by atoms with Crippen molar-refractivity contribution in [1.29, 1.82) is 0 Å². The summed E-state index contributed by atoms with van der Waals surface area (Å²) < 4.78 is 34.0. The first-order chi connectivity index (χ1) is 17.3. The normalized spacial score (nSPS) is 17.3. The Morgan fingerprint density at radius 3 is 2.37 bits per heavy atom. The number of hydrogen-bond acceptors (Lipinski definition) is 5. The average Bonchev–Trinajstić information content (AvgIpc) is 2.88. The Balaban J connectivity index is 0.00000253. The lowest BCUT2D eigenvalue weighted by atomic mass is 9.92. The van der Waals surface area contributed by atoms with Gasteiger partial charge in [-0.3, -0.25) is 4.31 Å². The molecular formula is C29H39Cl2N3O3S. The number of anilines is 1. The minimum Gasteiger partial charge on any atom is -0.491 e. The smallest absolute Gasteiger partial charge is 0.264 e. The zero-order valence-corrected chi connectivity index (χ0v) is 24.8. The van der Waals surface area contributed by atoms with E-state index in [1.807, 2.05) is 57.2 Å². The number of aryl methyl sites for hydroxylation is 1. The molecule has 0 bridgehead atoms. The van der Waals surface area contributed by atoms with Crippen molar-refractivity contribution in [2.45, 2.75) is 63.2 Å². The van der Waals surface area contributed by atoms with Crippen molar-refractivity contribution >= 4 is 40.5 Å². The highest BCUT2D eigenvalue weighted by molar-refractivity contribution is 7.92. The summed E-state index contributed by atoms with van der Waals surface area (Å²) in [5.74, 6) is 0.766. The SMILES string of the molecule is Cc1ccc(S(=O)(=O)N(C)c2ccc(OC(C)C)c(CN[C@H]3CCCN[C@H]3c3ccccc3)c2)cc1.Cl.Cl. The maximum absolute atomic E-state index is 13.3. The van der Waals surface area contributed by atoms with Gasteiger partial charge in [-0.15, -0.1) is 24.8 Å². The van der Waals surface area contributed by atoms with Gasteiger partial charge in [0.15, 0.2) is 0 Å². The number of piperidine rings is 1. The van der Waals surface area contributed by atoms with E-state index in [4.69, 9.17) is 4.74 Å². The van der Waals surface area contributed by atoms with Crippen molar-refractivity contribution in [3.63, 3.8) is 0 Å². The molecule has 1 heterocycles. The largest absolute Gasteiger partial charge is 0.491 e. The van der Waals surface area contributed by atoms with Gasteiger partial charge in [-0.2, -0.15) is 0 Å². The molecule has 0 saturated carbocycles. The molecule has 1 aliphatic rings. The molecule has 1 aliphatic heterocycles. The molecule has 6 nitrogen and oxygen atoms in total. The van der Waals surface area contributed by atoms with E-state index < -0.39 is 10.0 Å². The molecule has 0 amide bonds. The Kier molecular flexibility index (Phi) is 11.9. The highest BCUT2D eigenvalue weighted by Gasteiger charge is 2.27. The van der Waals surface area contributed by atoms with E-state index in [0.717, 1.165) is 36.3 Å². The third-order valence-electron chi connectivity index (χ3n) is 6.62. The van der Waals surface area contributed by atoms with Crippen LogP contribution < -0.4 is 19.7 Å². The van der Waals surface area contributed by atoms with Crippen LogP contribution >= 0.6 is 24.8 Å². The lowest BCUT2D eigenvalue weighted by molar-refractivity contribution is 0.238. The number of hydrogen-bond donors (Lipinski definition) is 2. The van der Waals surface area contributed by atoms with E-state index in [2.05, 4.69) is 34.9 Å². The van der Waals surface area contributed by atoms with Crippen LogP contribution in [-0.4, -0.2) is 34.2 Å². The number of nitrogens with one attached hydrogen (secondary N) is 2. The van der Waals surface area contributed by atoms with Crippen LogP contribution in [0.5, 0.6) is 5.75 Å². The summed E-state index contributed by atoms with van der Waals surface area (Å²) >= 11 is 0. The van der Waals surface area contributed by atoms with E-state index in [0.29, 0.717) is 12.2 Å². The summed E-state index contributed by atoms with van der Waals surface area (Å²) in [5, 5.41) is 7.39. The fourth-order valence-electron chi connectivity index (χ4n) is 4.64. The molecule has 0 radical (unpaired) electrons. The topological polar surface area (TPSA) is 70.7 Å². The molecule has 0 unspecified atom stereocenters. The van der Waals surface area contributed by atoms with Crippen molar-refractivity contribution in [3.8, 4) is 5.75 Å². The minimum absolute atomic E-state index is 0. The predicted molar refractivity (Wildman–Crippen MR) is 161 cm³/mol. The first-order valence-corrected chi connectivity index (χ1v) is 14.1. The molecule has 38 heavy (non-hydrogen) atoms. The number of rotatable bonds is 9. The van der Waals surface area contributed by atoms with Crippen molar-refractivity contribution in [1.82, 2.24) is 10.6 Å². The molecule has 4 rings (SSSR count). The zero-order valence-electron chi connectivity index (χ0n) is 22.4. The lowest BCUT2D eigenvalue weighted by Gasteiger charge is -2.34. The quantitative estimate of drug-likeness (QED) is 0.323. The predicted octanol–water partition coefficient (Wildman–Crippen LogP) is 6.03. The van der Waals surface area contributed by atoms with Gasteiger partial charge in [0.1, 0.15) is 5.75 Å². The van der Waals surface area contributed by atoms with Crippen molar-refractivity contribution in [2.24, 2.45) is 0 Å². The maximum atomic E-state index is 13.3. The van der Waals surface area contributed by atoms with Gasteiger partial charge >= 0.3 is 0 Å². The summed E-state index contributed by atoms with van der Waals surface area (Å²) in [6.45, 7) is 7.50. The first-order valence-electron chi connectivity index (χ1n) is 12.6. The van der Waals surface area contributed by atoms with E-state index in [1.165, 1.54) is 9.87 Å². The summed E-state index contributed by atoms with van der Waals surface area (Å²) in [7, 11) is -2.08. The van der Waals surface area contributed by atoms with E-state index in [9.17, 15) is 8.42 Å². The van der Waals surface area contributed by atoms with Crippen molar-refractivity contribution in [2.75, 3.05) is 17.9 Å². The molecule has 2 atom stereocenters. The van der Waals surface area contributed by atoms with Crippen LogP contribution in [0.15, 0.2) is 77.7 Å². The molecule has 0 aliphatic carbocycles. The summed E-state index contributed by atoms with van der Waals surface area (Å²) in [4.78, 5) is 0.275. The van der Waals surface area contributed by atoms with Crippen LogP contribution in [0.2, 0.25) is 0 Å². The van der Waals surface area contributed by atoms with Gasteiger partial charge in [-0.1, -0.05) is 48.0 Å². The van der Waals surface area contributed by atoms with E-state index in [-0.39, 0.29) is 47.9 Å². The lowest BCUT2D eigenvalue weighted by Crippen LogP contribution is -2.45. The second kappa shape index (κ2) is 14.2. The highest BCUT2D eigenvalue weighted by atomic mass is 35.5. The molecule has 1 fully saturated rings. The first kappa shape index (κ1) is 31.9. The number of ether oxygens (including phenoxy) is 1. The van der Waals surface area contributed by atoms with E-state index >= 15 is 0 Å². The summed E-state index contributed by atoms with van der Waals surface area (Å²) in [5.41, 5.74) is 3.83. The van der Waals surface area contributed by atoms with Crippen LogP contribution in [0, 0.1) is 6.92 Å². The molecule has 3 aromatic rings. The second-order valence-corrected chi connectivity index (χ2v) is 11.7. The van der Waals surface area contributed by atoms with Crippen LogP contribution in [0.25, 0.3) is 0 Å². The van der Waals surface area contributed by atoms with Crippen LogP contribution in [0.3, 0.4) is 0 Å². The molecule has 3 aromatic carbocycles. The highest BCUT2D eigenvalue weighted by Crippen LogP contribution is 2.30. The number of nitrogens with zero attached hydrogens (tertiary/aromatic N) is 1. The monoisotopic (exact) mass is 579 g/mol. The van der Waals surface area contributed by atoms with E-state index in [1.54, 1.807) is 19.2 Å². The number of benzene rings is 3. The number of halogens is 2. The fraction of sp³-hybridized carbons (Fsp3) is 0.379. The van der Waals surface area contributed by atoms with Gasteiger partial charge in [0.25, 0.3) is 10.0 Å². The van der Waals surface area contributed by atoms with Gasteiger partial charge in [0.2, 0.25) is 0 Å². The minimum atomic E-state index is -3.68. The second-order valence-electron chi connectivity index (χ2n) is 9.72. The van der Waals surface area contributed by atoms with Gasteiger partial charge in [0.05, 0.1) is 16.7 Å². The molecular weight excluding hydrogens is 541 g/mol. The number of sulfonamides is 1.